The second-order valence-corrected chi connectivity index (χ2v) is 11.2. The van der Waals surface area contributed by atoms with Crippen molar-refractivity contribution in [3.05, 3.63) is 47.7 Å². The number of hydrogen-bond donors (Lipinski definition) is 1. The van der Waals surface area contributed by atoms with E-state index < -0.39 is 15.6 Å². The summed E-state index contributed by atoms with van der Waals surface area (Å²) in [5.41, 5.74) is 7.55. The number of hydrogen-bond acceptors (Lipinski definition) is 5. The highest BCUT2D eigenvalue weighted by Gasteiger charge is 2.51. The standard InChI is InChI=1S/C23H29N3O3S/c1-22(24)10-4-7-18(22)14-17-15-26(23(2)11-5-12-25-21(17)23)30(27,28)19-8-3-6-16-9-13-29-20(16)19/h3,5-6,8,11-12,15,18,21H,4,7,9-10,13-14,24H2,1-2H3/t18-,21?,22?,23-/m1/s1. The van der Waals surface area contributed by atoms with Gasteiger partial charge in [-0.2, -0.15) is 0 Å². The number of fused-ring (bicyclic) bond motifs is 2. The third-order valence-electron chi connectivity index (χ3n) is 7.32. The van der Waals surface area contributed by atoms with E-state index >= 15 is 0 Å². The molecule has 30 heavy (non-hydrogen) atoms. The molecule has 5 rings (SSSR count). The molecule has 1 aromatic carbocycles. The van der Waals surface area contributed by atoms with Gasteiger partial charge >= 0.3 is 0 Å². The molecule has 2 N–H and O–H groups in total. The zero-order valence-corrected chi connectivity index (χ0v) is 18.4. The van der Waals surface area contributed by atoms with Crippen molar-refractivity contribution >= 4 is 16.2 Å². The number of rotatable bonds is 4. The van der Waals surface area contributed by atoms with Gasteiger partial charge in [0, 0.05) is 24.4 Å². The Morgan fingerprint density at radius 2 is 2.17 bits per heavy atom. The molecule has 0 spiro atoms. The van der Waals surface area contributed by atoms with Crippen molar-refractivity contribution in [3.63, 3.8) is 0 Å². The molecule has 1 aromatic rings. The van der Waals surface area contributed by atoms with E-state index in [0.717, 1.165) is 43.2 Å². The third kappa shape index (κ3) is 2.86. The van der Waals surface area contributed by atoms with Crippen LogP contribution in [0.2, 0.25) is 0 Å². The van der Waals surface area contributed by atoms with Crippen LogP contribution in [0.4, 0.5) is 0 Å². The smallest absolute Gasteiger partial charge is 0.268 e. The second-order valence-electron chi connectivity index (χ2n) is 9.43. The lowest BCUT2D eigenvalue weighted by Gasteiger charge is -2.38. The molecular formula is C23H29N3O3S. The van der Waals surface area contributed by atoms with Crippen molar-refractivity contribution in [2.75, 3.05) is 6.61 Å². The average molecular weight is 428 g/mol. The Morgan fingerprint density at radius 3 is 2.93 bits per heavy atom. The molecule has 7 heteroatoms. The second kappa shape index (κ2) is 6.69. The van der Waals surface area contributed by atoms with Gasteiger partial charge in [0.1, 0.15) is 16.7 Å². The van der Waals surface area contributed by atoms with E-state index in [1.165, 1.54) is 4.31 Å². The molecule has 3 aliphatic heterocycles. The minimum Gasteiger partial charge on any atom is -0.492 e. The zero-order chi connectivity index (χ0) is 21.1. The molecule has 0 aromatic heterocycles. The summed E-state index contributed by atoms with van der Waals surface area (Å²) >= 11 is 0. The maximum absolute atomic E-state index is 13.9. The maximum Gasteiger partial charge on any atom is 0.268 e. The first-order valence-corrected chi connectivity index (χ1v) is 12.2. The first-order chi connectivity index (χ1) is 14.2. The predicted octanol–water partition coefficient (Wildman–Crippen LogP) is 3.19. The van der Waals surface area contributed by atoms with E-state index in [1.54, 1.807) is 18.3 Å². The SMILES string of the molecule is CC1(N)CCC[C@@H]1CC1=CN(S(=O)(=O)c2cccc3c2OCC3)[C@]2(C)C=CC=NC12. The Bertz CT molecular complexity index is 1070. The molecule has 3 heterocycles. The van der Waals surface area contributed by atoms with E-state index in [0.29, 0.717) is 18.3 Å². The van der Waals surface area contributed by atoms with Gasteiger partial charge in [-0.25, -0.2) is 8.42 Å². The minimum absolute atomic E-state index is 0.216. The molecule has 6 nitrogen and oxygen atoms in total. The molecule has 0 bridgehead atoms. The fourth-order valence-corrected chi connectivity index (χ4v) is 7.35. The molecule has 4 atom stereocenters. The van der Waals surface area contributed by atoms with Crippen molar-refractivity contribution in [1.29, 1.82) is 0 Å². The van der Waals surface area contributed by atoms with Gasteiger partial charge in [-0.05, 0) is 62.3 Å². The van der Waals surface area contributed by atoms with Crippen LogP contribution in [0, 0.1) is 5.92 Å². The molecular weight excluding hydrogens is 398 g/mol. The normalized spacial score (nSPS) is 34.6. The molecule has 4 aliphatic rings. The monoisotopic (exact) mass is 427 g/mol. The van der Waals surface area contributed by atoms with Gasteiger partial charge in [0.2, 0.25) is 0 Å². The average Bonchev–Trinajstić information content (AvgIpc) is 3.38. The minimum atomic E-state index is -3.81. The Labute approximate surface area is 178 Å². The number of benzene rings is 1. The fourth-order valence-electron chi connectivity index (χ4n) is 5.51. The summed E-state index contributed by atoms with van der Waals surface area (Å²) in [5, 5.41) is 0. The predicted molar refractivity (Wildman–Crippen MR) is 117 cm³/mol. The molecule has 2 unspecified atom stereocenters. The summed E-state index contributed by atoms with van der Waals surface area (Å²) in [6.45, 7) is 4.58. The summed E-state index contributed by atoms with van der Waals surface area (Å²) in [6.07, 6.45) is 12.1. The van der Waals surface area contributed by atoms with Crippen molar-refractivity contribution in [2.24, 2.45) is 16.6 Å². The number of nitrogens with zero attached hydrogens (tertiary/aromatic N) is 2. The van der Waals surface area contributed by atoms with Crippen molar-refractivity contribution in [1.82, 2.24) is 4.31 Å². The topological polar surface area (TPSA) is 85.0 Å². The van der Waals surface area contributed by atoms with E-state index in [9.17, 15) is 8.42 Å². The van der Waals surface area contributed by atoms with Gasteiger partial charge in [-0.3, -0.25) is 9.30 Å². The highest BCUT2D eigenvalue weighted by Crippen LogP contribution is 2.47. The molecule has 0 saturated heterocycles. The van der Waals surface area contributed by atoms with Crippen LogP contribution in [-0.2, 0) is 16.4 Å². The van der Waals surface area contributed by atoms with E-state index in [1.807, 2.05) is 31.3 Å². The van der Waals surface area contributed by atoms with Gasteiger partial charge in [0.05, 0.1) is 12.1 Å². The third-order valence-corrected chi connectivity index (χ3v) is 9.21. The number of dihydropyridines is 1. The van der Waals surface area contributed by atoms with Crippen LogP contribution >= 0.6 is 0 Å². The Morgan fingerprint density at radius 1 is 1.33 bits per heavy atom. The van der Waals surface area contributed by atoms with Gasteiger partial charge in [0.15, 0.2) is 0 Å². The van der Waals surface area contributed by atoms with Crippen LogP contribution in [0.5, 0.6) is 5.75 Å². The van der Waals surface area contributed by atoms with Crippen molar-refractivity contribution < 1.29 is 13.2 Å². The van der Waals surface area contributed by atoms with Crippen LogP contribution in [0.1, 0.15) is 45.1 Å². The highest BCUT2D eigenvalue weighted by molar-refractivity contribution is 7.89. The largest absolute Gasteiger partial charge is 0.492 e. The summed E-state index contributed by atoms with van der Waals surface area (Å²) in [7, 11) is -3.81. The Balaban J connectivity index is 1.57. The molecule has 160 valence electrons. The van der Waals surface area contributed by atoms with Gasteiger partial charge < -0.3 is 10.5 Å². The van der Waals surface area contributed by atoms with Crippen LogP contribution in [-0.4, -0.2) is 42.7 Å². The summed E-state index contributed by atoms with van der Waals surface area (Å²) in [5.74, 6) is 0.828. The number of sulfonamides is 1. The quantitative estimate of drug-likeness (QED) is 0.800. The van der Waals surface area contributed by atoms with Crippen molar-refractivity contribution in [3.8, 4) is 5.75 Å². The zero-order valence-electron chi connectivity index (χ0n) is 17.5. The van der Waals surface area contributed by atoms with Crippen molar-refractivity contribution in [2.45, 2.75) is 68.0 Å². The maximum atomic E-state index is 13.9. The molecule has 0 radical (unpaired) electrons. The van der Waals surface area contributed by atoms with E-state index in [2.05, 4.69) is 6.92 Å². The lowest BCUT2D eigenvalue weighted by atomic mass is 9.80. The first kappa shape index (κ1) is 19.8. The molecule has 1 fully saturated rings. The summed E-state index contributed by atoms with van der Waals surface area (Å²) in [4.78, 5) is 4.94. The number of ether oxygens (including phenoxy) is 1. The Kier molecular flexibility index (Phi) is 4.42. The number of allylic oxidation sites excluding steroid dienone is 1. The first-order valence-electron chi connectivity index (χ1n) is 10.7. The number of aliphatic imine (C=N–C) groups is 1. The van der Waals surface area contributed by atoms with Gasteiger partial charge in [-0.1, -0.05) is 24.6 Å². The summed E-state index contributed by atoms with van der Waals surface area (Å²) in [6, 6.07) is 5.15. The van der Waals surface area contributed by atoms with Gasteiger partial charge in [-0.15, -0.1) is 0 Å². The number of nitrogens with two attached hydrogens (primary N) is 1. The summed E-state index contributed by atoms with van der Waals surface area (Å²) < 4.78 is 34.9. The van der Waals surface area contributed by atoms with Crippen LogP contribution in [0.15, 0.2) is 52.0 Å². The molecule has 1 aliphatic carbocycles. The lowest BCUT2D eigenvalue weighted by Crippen LogP contribution is -2.49. The molecule has 0 amide bonds. The van der Waals surface area contributed by atoms with Crippen LogP contribution < -0.4 is 10.5 Å². The van der Waals surface area contributed by atoms with Crippen LogP contribution in [0.3, 0.4) is 0 Å². The fraction of sp³-hybridized carbons (Fsp3) is 0.522. The number of para-hydroxylation sites is 1. The van der Waals surface area contributed by atoms with Crippen LogP contribution in [0.25, 0.3) is 0 Å². The molecule has 1 saturated carbocycles. The lowest BCUT2D eigenvalue weighted by molar-refractivity contribution is 0.311. The Hall–Kier alpha value is -2.12. The van der Waals surface area contributed by atoms with E-state index in [4.69, 9.17) is 15.5 Å². The van der Waals surface area contributed by atoms with E-state index in [-0.39, 0.29) is 16.5 Å². The van der Waals surface area contributed by atoms with Gasteiger partial charge in [0.25, 0.3) is 10.0 Å². The highest BCUT2D eigenvalue weighted by atomic mass is 32.2.